The van der Waals surface area contributed by atoms with Gasteiger partial charge in [-0.2, -0.15) is 4.31 Å². The summed E-state index contributed by atoms with van der Waals surface area (Å²) in [7, 11) is -3.66. The number of fused-ring (bicyclic) bond motifs is 2. The number of amides is 2. The lowest BCUT2D eigenvalue weighted by molar-refractivity contribution is -0.142. The lowest BCUT2D eigenvalue weighted by atomic mass is 9.98. The van der Waals surface area contributed by atoms with Crippen molar-refractivity contribution in [2.24, 2.45) is 0 Å². The molecule has 1 aromatic rings. The summed E-state index contributed by atoms with van der Waals surface area (Å²) >= 11 is 6.12. The van der Waals surface area contributed by atoms with Gasteiger partial charge >= 0.3 is 0 Å². The normalized spacial score (nSPS) is 29.6. The molecule has 1 aromatic carbocycles. The summed E-state index contributed by atoms with van der Waals surface area (Å²) in [6.07, 6.45) is 3.11. The highest BCUT2D eigenvalue weighted by atomic mass is 35.5. The van der Waals surface area contributed by atoms with Crippen LogP contribution in [0.5, 0.6) is 0 Å². The second-order valence-electron chi connectivity index (χ2n) is 7.37. The van der Waals surface area contributed by atoms with Crippen molar-refractivity contribution in [3.8, 4) is 0 Å². The van der Waals surface area contributed by atoms with Crippen LogP contribution in [0, 0.1) is 6.92 Å². The van der Waals surface area contributed by atoms with Crippen molar-refractivity contribution in [2.45, 2.75) is 68.5 Å². The summed E-state index contributed by atoms with van der Waals surface area (Å²) in [4.78, 5) is 25.7. The van der Waals surface area contributed by atoms with Crippen molar-refractivity contribution < 1.29 is 18.0 Å². The van der Waals surface area contributed by atoms with Gasteiger partial charge in [-0.25, -0.2) is 8.42 Å². The minimum atomic E-state index is -3.66. The maximum Gasteiger partial charge on any atom is 0.243 e. The Morgan fingerprint density at radius 2 is 1.58 bits per heavy atom. The summed E-state index contributed by atoms with van der Waals surface area (Å²) in [5.41, 5.74) is 0.556. The monoisotopic (exact) mass is 396 g/mol. The quantitative estimate of drug-likeness (QED) is 0.735. The lowest BCUT2D eigenvalue weighted by Gasteiger charge is -2.40. The number of benzene rings is 1. The largest absolute Gasteiger partial charge is 0.279 e. The average Bonchev–Trinajstić information content (AvgIpc) is 3.07. The number of hydrogen-bond acceptors (Lipinski definition) is 4. The molecule has 0 radical (unpaired) electrons. The van der Waals surface area contributed by atoms with Gasteiger partial charge in [0.1, 0.15) is 0 Å². The summed E-state index contributed by atoms with van der Waals surface area (Å²) in [6, 6.07) is 4.39. The van der Waals surface area contributed by atoms with E-state index in [0.29, 0.717) is 23.4 Å². The molecule has 0 N–H and O–H groups in total. The van der Waals surface area contributed by atoms with E-state index >= 15 is 0 Å². The molecule has 2 amide bonds. The third-order valence-electron chi connectivity index (χ3n) is 5.87. The first kappa shape index (κ1) is 17.9. The fourth-order valence-corrected chi connectivity index (χ4v) is 7.06. The number of carbonyl (C=O) groups excluding carboxylic acids is 2. The highest BCUT2D eigenvalue weighted by Gasteiger charge is 2.50. The van der Waals surface area contributed by atoms with E-state index in [0.717, 1.165) is 12.8 Å². The van der Waals surface area contributed by atoms with Gasteiger partial charge in [0.25, 0.3) is 0 Å². The van der Waals surface area contributed by atoms with E-state index in [2.05, 4.69) is 0 Å². The number of rotatable bonds is 3. The Balaban J connectivity index is 1.63. The van der Waals surface area contributed by atoms with Gasteiger partial charge in [-0.1, -0.05) is 17.7 Å². The summed E-state index contributed by atoms with van der Waals surface area (Å²) in [6.45, 7) is 1.71. The molecule has 0 spiro atoms. The standard InChI is InChI=1S/C18H21ClN2O4S/c1-11-15(19)3-2-4-16(11)26(24,25)21-12-5-6-13(21)10-14(9-12)20-17(22)7-8-18(20)23/h2-4,12-14H,5-10H2,1H3/t12-,13-/m0/s1. The molecule has 8 heteroatoms. The topological polar surface area (TPSA) is 74.8 Å². The maximum atomic E-state index is 13.3. The molecule has 140 valence electrons. The lowest BCUT2D eigenvalue weighted by Crippen LogP contribution is -2.53. The number of halogens is 1. The fourth-order valence-electron chi connectivity index (χ4n) is 4.69. The molecule has 3 saturated heterocycles. The van der Waals surface area contributed by atoms with Crippen molar-refractivity contribution in [2.75, 3.05) is 0 Å². The molecular weight excluding hydrogens is 376 g/mol. The fraction of sp³-hybridized carbons (Fsp3) is 0.556. The number of carbonyl (C=O) groups is 2. The molecule has 0 aliphatic carbocycles. The molecule has 3 aliphatic heterocycles. The van der Waals surface area contributed by atoms with E-state index in [1.165, 1.54) is 4.90 Å². The summed E-state index contributed by atoms with van der Waals surface area (Å²) < 4.78 is 28.2. The maximum absolute atomic E-state index is 13.3. The molecule has 0 aromatic heterocycles. The zero-order valence-corrected chi connectivity index (χ0v) is 16.1. The van der Waals surface area contributed by atoms with Crippen LogP contribution in [0.25, 0.3) is 0 Å². The summed E-state index contributed by atoms with van der Waals surface area (Å²) in [5.74, 6) is -0.247. The Hall–Kier alpha value is -1.44. The van der Waals surface area contributed by atoms with Crippen LogP contribution in [0.1, 0.15) is 44.1 Å². The number of nitrogens with zero attached hydrogens (tertiary/aromatic N) is 2. The van der Waals surface area contributed by atoms with Gasteiger partial charge < -0.3 is 0 Å². The van der Waals surface area contributed by atoms with Crippen LogP contribution in [0.3, 0.4) is 0 Å². The van der Waals surface area contributed by atoms with Gasteiger partial charge in [0, 0.05) is 36.0 Å². The van der Waals surface area contributed by atoms with Gasteiger partial charge in [0.15, 0.2) is 0 Å². The molecule has 4 rings (SSSR count). The molecule has 6 nitrogen and oxygen atoms in total. The Morgan fingerprint density at radius 1 is 1.00 bits per heavy atom. The second-order valence-corrected chi connectivity index (χ2v) is 9.58. The van der Waals surface area contributed by atoms with Crippen molar-refractivity contribution in [1.29, 1.82) is 0 Å². The third-order valence-corrected chi connectivity index (χ3v) is 8.43. The molecule has 3 heterocycles. The van der Waals surface area contributed by atoms with E-state index in [1.54, 1.807) is 29.4 Å². The number of imide groups is 1. The zero-order valence-electron chi connectivity index (χ0n) is 14.5. The first-order valence-corrected chi connectivity index (χ1v) is 10.8. The van der Waals surface area contributed by atoms with Gasteiger partial charge in [-0.3, -0.25) is 14.5 Å². The van der Waals surface area contributed by atoms with E-state index in [-0.39, 0.29) is 47.7 Å². The van der Waals surface area contributed by atoms with Crippen LogP contribution in [0.4, 0.5) is 0 Å². The van der Waals surface area contributed by atoms with Crippen LogP contribution in [0.2, 0.25) is 5.02 Å². The molecule has 3 fully saturated rings. The molecular formula is C18H21ClN2O4S. The first-order valence-electron chi connectivity index (χ1n) is 8.94. The number of sulfonamides is 1. The first-order chi connectivity index (χ1) is 12.3. The SMILES string of the molecule is Cc1c(Cl)cccc1S(=O)(=O)N1[C@H]2CC[C@H]1CC(N1C(=O)CCC1=O)C2. The smallest absolute Gasteiger partial charge is 0.243 e. The van der Waals surface area contributed by atoms with Crippen LogP contribution in [0.15, 0.2) is 23.1 Å². The predicted octanol–water partition coefficient (Wildman–Crippen LogP) is 2.48. The van der Waals surface area contributed by atoms with Crippen molar-refractivity contribution >= 4 is 33.4 Å². The van der Waals surface area contributed by atoms with Gasteiger partial charge in [0.2, 0.25) is 21.8 Å². The van der Waals surface area contributed by atoms with Crippen molar-refractivity contribution in [3.63, 3.8) is 0 Å². The van der Waals surface area contributed by atoms with Crippen LogP contribution in [-0.4, -0.2) is 47.6 Å². The Kier molecular flexibility index (Phi) is 4.36. The van der Waals surface area contributed by atoms with Crippen LogP contribution < -0.4 is 0 Å². The average molecular weight is 397 g/mol. The molecule has 0 unspecified atom stereocenters. The van der Waals surface area contributed by atoms with E-state index < -0.39 is 10.0 Å². The number of hydrogen-bond donors (Lipinski definition) is 0. The Bertz CT molecular complexity index is 855. The van der Waals surface area contributed by atoms with Crippen LogP contribution >= 0.6 is 11.6 Å². The summed E-state index contributed by atoms with van der Waals surface area (Å²) in [5, 5.41) is 0.432. The molecule has 0 saturated carbocycles. The van der Waals surface area contributed by atoms with E-state index in [9.17, 15) is 18.0 Å². The van der Waals surface area contributed by atoms with Crippen molar-refractivity contribution in [1.82, 2.24) is 9.21 Å². The molecule has 3 aliphatic rings. The molecule has 2 atom stereocenters. The van der Waals surface area contributed by atoms with E-state index in [1.807, 2.05) is 0 Å². The Morgan fingerprint density at radius 3 is 2.15 bits per heavy atom. The minimum absolute atomic E-state index is 0.124. The second kappa shape index (κ2) is 6.32. The van der Waals surface area contributed by atoms with Gasteiger partial charge in [0.05, 0.1) is 4.90 Å². The van der Waals surface area contributed by atoms with Gasteiger partial charge in [-0.05, 0) is 50.3 Å². The minimum Gasteiger partial charge on any atom is -0.279 e. The van der Waals surface area contributed by atoms with Crippen molar-refractivity contribution in [3.05, 3.63) is 28.8 Å². The number of likely N-dealkylation sites (tertiary alicyclic amines) is 1. The van der Waals surface area contributed by atoms with Gasteiger partial charge in [-0.15, -0.1) is 0 Å². The third kappa shape index (κ3) is 2.68. The molecule has 2 bridgehead atoms. The predicted molar refractivity (Wildman–Crippen MR) is 96.1 cm³/mol. The van der Waals surface area contributed by atoms with E-state index in [4.69, 9.17) is 11.6 Å². The number of piperidine rings is 1. The highest BCUT2D eigenvalue weighted by Crippen LogP contribution is 2.42. The Labute approximate surface area is 158 Å². The van der Waals surface area contributed by atoms with Crippen LogP contribution in [-0.2, 0) is 19.6 Å². The zero-order chi connectivity index (χ0) is 18.6. The molecule has 26 heavy (non-hydrogen) atoms. The highest BCUT2D eigenvalue weighted by molar-refractivity contribution is 7.89.